The Morgan fingerprint density at radius 2 is 1.77 bits per heavy atom. The molecule has 0 heterocycles. The van der Waals surface area contributed by atoms with Gasteiger partial charge in [-0.1, -0.05) is 17.7 Å². The van der Waals surface area contributed by atoms with Gasteiger partial charge in [-0.15, -0.1) is 0 Å². The van der Waals surface area contributed by atoms with Crippen molar-refractivity contribution in [1.29, 1.82) is 0 Å². The lowest BCUT2D eigenvalue weighted by Gasteiger charge is -2.07. The van der Waals surface area contributed by atoms with Gasteiger partial charge in [-0.25, -0.2) is 22.4 Å². The van der Waals surface area contributed by atoms with Crippen LogP contribution in [0.1, 0.15) is 5.56 Å². The third-order valence-corrected chi connectivity index (χ3v) is 3.37. The van der Waals surface area contributed by atoms with Crippen molar-refractivity contribution in [1.82, 2.24) is 0 Å². The van der Waals surface area contributed by atoms with Crippen molar-refractivity contribution in [3.05, 3.63) is 70.3 Å². The van der Waals surface area contributed by atoms with E-state index in [0.717, 1.165) is 24.3 Å². The van der Waals surface area contributed by atoms with Gasteiger partial charge in [0.1, 0.15) is 5.82 Å². The highest BCUT2D eigenvalue weighted by Crippen LogP contribution is 2.21. The van der Waals surface area contributed by atoms with Crippen molar-refractivity contribution < 1.29 is 31.9 Å². The molecule has 0 saturated heterocycles. The van der Waals surface area contributed by atoms with Crippen LogP contribution in [0.2, 0.25) is 5.02 Å². The van der Waals surface area contributed by atoms with E-state index < -0.39 is 47.4 Å². The summed E-state index contributed by atoms with van der Waals surface area (Å²) < 4.78 is 57.3. The minimum absolute atomic E-state index is 0.0422. The largest absolute Gasteiger partial charge is 0.452 e. The lowest BCUT2D eigenvalue weighted by Crippen LogP contribution is -2.21. The van der Waals surface area contributed by atoms with Crippen LogP contribution < -0.4 is 5.32 Å². The fourth-order valence-corrected chi connectivity index (χ4v) is 2.04. The number of rotatable bonds is 5. The van der Waals surface area contributed by atoms with Crippen LogP contribution in [-0.4, -0.2) is 18.5 Å². The third kappa shape index (κ3) is 4.82. The summed E-state index contributed by atoms with van der Waals surface area (Å²) in [6.07, 6.45) is 1.91. The van der Waals surface area contributed by atoms with Gasteiger partial charge in [0, 0.05) is 11.6 Å². The fraction of sp³-hybridized carbons (Fsp3) is 0.0588. The molecule has 0 saturated carbocycles. The highest BCUT2D eigenvalue weighted by Gasteiger charge is 2.15. The van der Waals surface area contributed by atoms with E-state index in [1.165, 1.54) is 12.1 Å². The van der Waals surface area contributed by atoms with E-state index in [-0.39, 0.29) is 10.6 Å². The number of ether oxygens (including phenoxy) is 1. The van der Waals surface area contributed by atoms with Crippen LogP contribution in [0.5, 0.6) is 0 Å². The number of amides is 1. The molecule has 1 N–H and O–H groups in total. The lowest BCUT2D eigenvalue weighted by atomic mass is 10.2. The molecule has 0 fully saturated rings. The Balaban J connectivity index is 1.92. The number of anilines is 1. The maximum atomic E-state index is 13.5. The van der Waals surface area contributed by atoms with Crippen LogP contribution in [0.4, 0.5) is 23.2 Å². The molecule has 0 aromatic heterocycles. The molecular weight excluding hydrogens is 378 g/mol. The molecule has 0 bridgehead atoms. The quantitative estimate of drug-likeness (QED) is 0.364. The minimum atomic E-state index is -1.75. The zero-order valence-electron chi connectivity index (χ0n) is 12.9. The predicted molar refractivity (Wildman–Crippen MR) is 86.3 cm³/mol. The Bertz CT molecular complexity index is 866. The molecule has 2 aromatic carbocycles. The molecule has 0 radical (unpaired) electrons. The van der Waals surface area contributed by atoms with Crippen LogP contribution >= 0.6 is 11.6 Å². The summed E-state index contributed by atoms with van der Waals surface area (Å²) >= 11 is 5.77. The second kappa shape index (κ2) is 8.48. The molecule has 0 unspecified atom stereocenters. The Morgan fingerprint density at radius 1 is 1.04 bits per heavy atom. The first-order valence-electron chi connectivity index (χ1n) is 7.01. The molecule has 2 rings (SSSR count). The van der Waals surface area contributed by atoms with Crippen LogP contribution in [0.15, 0.2) is 36.4 Å². The standard InChI is InChI=1S/C17H10ClF4NO3/c18-10-2-1-3-11(19)9(10)4-7-15(25)26-8-14(24)23-13-6-5-12(20)16(21)17(13)22/h1-7H,8H2,(H,23,24)/b7-4+. The molecule has 136 valence electrons. The van der Waals surface area contributed by atoms with Crippen molar-refractivity contribution in [2.75, 3.05) is 11.9 Å². The summed E-state index contributed by atoms with van der Waals surface area (Å²) in [5.74, 6) is -7.38. The number of esters is 1. The number of halogens is 5. The smallest absolute Gasteiger partial charge is 0.331 e. The van der Waals surface area contributed by atoms with Gasteiger partial charge in [0.05, 0.1) is 10.7 Å². The van der Waals surface area contributed by atoms with Crippen LogP contribution in [0.25, 0.3) is 6.08 Å². The van der Waals surface area contributed by atoms with Gasteiger partial charge in [0.2, 0.25) is 0 Å². The van der Waals surface area contributed by atoms with E-state index in [0.29, 0.717) is 6.07 Å². The highest BCUT2D eigenvalue weighted by molar-refractivity contribution is 6.32. The minimum Gasteiger partial charge on any atom is -0.452 e. The zero-order valence-corrected chi connectivity index (χ0v) is 13.6. The second-order valence-corrected chi connectivity index (χ2v) is 5.25. The van der Waals surface area contributed by atoms with Gasteiger partial charge in [-0.05, 0) is 30.3 Å². The topological polar surface area (TPSA) is 55.4 Å². The molecule has 0 aliphatic carbocycles. The van der Waals surface area contributed by atoms with Crippen molar-refractivity contribution in [2.45, 2.75) is 0 Å². The first-order chi connectivity index (χ1) is 12.3. The second-order valence-electron chi connectivity index (χ2n) is 4.85. The number of carbonyl (C=O) groups excluding carboxylic acids is 2. The normalized spacial score (nSPS) is 10.8. The predicted octanol–water partition coefficient (Wildman–Crippen LogP) is 4.09. The van der Waals surface area contributed by atoms with Crippen molar-refractivity contribution in [3.8, 4) is 0 Å². The molecule has 0 atom stereocenters. The molecule has 26 heavy (non-hydrogen) atoms. The van der Waals surface area contributed by atoms with E-state index >= 15 is 0 Å². The van der Waals surface area contributed by atoms with E-state index in [4.69, 9.17) is 11.6 Å². The van der Waals surface area contributed by atoms with Crippen molar-refractivity contribution in [2.24, 2.45) is 0 Å². The first kappa shape index (κ1) is 19.5. The molecule has 1 amide bonds. The monoisotopic (exact) mass is 387 g/mol. The number of hydrogen-bond donors (Lipinski definition) is 1. The molecule has 0 aliphatic heterocycles. The van der Waals surface area contributed by atoms with Crippen molar-refractivity contribution >= 4 is 35.2 Å². The fourth-order valence-electron chi connectivity index (χ4n) is 1.81. The number of hydrogen-bond acceptors (Lipinski definition) is 3. The van der Waals surface area contributed by atoms with E-state index in [1.54, 1.807) is 0 Å². The molecule has 0 aliphatic rings. The van der Waals surface area contributed by atoms with E-state index in [9.17, 15) is 27.2 Å². The van der Waals surface area contributed by atoms with Crippen molar-refractivity contribution in [3.63, 3.8) is 0 Å². The number of carbonyl (C=O) groups is 2. The maximum absolute atomic E-state index is 13.5. The van der Waals surface area contributed by atoms with Gasteiger partial charge in [0.15, 0.2) is 24.1 Å². The Hall–Kier alpha value is -2.87. The third-order valence-electron chi connectivity index (χ3n) is 3.04. The van der Waals surface area contributed by atoms with E-state index in [1.807, 2.05) is 5.32 Å². The Morgan fingerprint density at radius 3 is 2.46 bits per heavy atom. The maximum Gasteiger partial charge on any atom is 0.331 e. The summed E-state index contributed by atoms with van der Waals surface area (Å²) in [6.45, 7) is -0.827. The summed E-state index contributed by atoms with van der Waals surface area (Å²) in [7, 11) is 0. The summed E-state index contributed by atoms with van der Waals surface area (Å²) in [6, 6.07) is 5.38. The van der Waals surface area contributed by atoms with Crippen LogP contribution in [0.3, 0.4) is 0 Å². The van der Waals surface area contributed by atoms with Crippen LogP contribution in [0, 0.1) is 23.3 Å². The molecule has 9 heteroatoms. The van der Waals surface area contributed by atoms with Gasteiger partial charge in [0.25, 0.3) is 5.91 Å². The summed E-state index contributed by atoms with van der Waals surface area (Å²) in [5, 5.41) is 1.99. The Labute approximate surface area is 150 Å². The van der Waals surface area contributed by atoms with Gasteiger partial charge in [-0.2, -0.15) is 0 Å². The number of nitrogens with one attached hydrogen (secondary N) is 1. The summed E-state index contributed by atoms with van der Waals surface area (Å²) in [5.41, 5.74) is -0.655. The summed E-state index contributed by atoms with van der Waals surface area (Å²) in [4.78, 5) is 23.1. The molecular formula is C17H10ClF4NO3. The lowest BCUT2D eigenvalue weighted by molar-refractivity contribution is -0.142. The molecule has 0 spiro atoms. The average molecular weight is 388 g/mol. The molecule has 2 aromatic rings. The number of benzene rings is 2. The highest BCUT2D eigenvalue weighted by atomic mass is 35.5. The van der Waals surface area contributed by atoms with Gasteiger partial charge >= 0.3 is 5.97 Å². The van der Waals surface area contributed by atoms with Gasteiger partial charge < -0.3 is 10.1 Å². The Kier molecular flexibility index (Phi) is 6.35. The van der Waals surface area contributed by atoms with E-state index in [2.05, 4.69) is 4.74 Å². The SMILES string of the molecule is O=C(COC(=O)/C=C/c1c(F)cccc1Cl)Nc1ccc(F)c(F)c1F. The first-order valence-corrected chi connectivity index (χ1v) is 7.39. The van der Waals surface area contributed by atoms with Gasteiger partial charge in [-0.3, -0.25) is 4.79 Å². The molecule has 4 nitrogen and oxygen atoms in total. The zero-order chi connectivity index (χ0) is 19.3. The van der Waals surface area contributed by atoms with Crippen LogP contribution in [-0.2, 0) is 14.3 Å². The average Bonchev–Trinajstić information content (AvgIpc) is 2.60.